The lowest BCUT2D eigenvalue weighted by Gasteiger charge is -2.37. The number of aliphatic hydroxyl groups excluding tert-OH is 1. The minimum atomic E-state index is 0.212. The molecule has 1 aliphatic heterocycles. The quantitative estimate of drug-likeness (QED) is 0.897. The molecule has 0 aromatic heterocycles. The standard InChI is InChI=1S/C13H19BrN2O/c14-11-1-3-13(4-2-11)16-8-10(5-6-17)7-12(15)9-16/h1-4,10,12,17H,5-9,15H2. The summed E-state index contributed by atoms with van der Waals surface area (Å²) < 4.78 is 1.09. The van der Waals surface area contributed by atoms with Crippen LogP contribution in [0, 0.1) is 5.92 Å². The van der Waals surface area contributed by atoms with Gasteiger partial charge in [0, 0.05) is 35.9 Å². The van der Waals surface area contributed by atoms with E-state index in [4.69, 9.17) is 10.8 Å². The highest BCUT2D eigenvalue weighted by atomic mass is 79.9. The molecule has 1 aromatic rings. The first kappa shape index (κ1) is 12.9. The maximum absolute atomic E-state index is 9.03. The molecule has 94 valence electrons. The molecule has 3 nitrogen and oxygen atoms in total. The Morgan fingerprint density at radius 1 is 1.29 bits per heavy atom. The molecule has 2 unspecified atom stereocenters. The summed E-state index contributed by atoms with van der Waals surface area (Å²) in [5.74, 6) is 0.507. The maximum atomic E-state index is 9.03. The summed E-state index contributed by atoms with van der Waals surface area (Å²) in [5, 5.41) is 9.03. The lowest BCUT2D eigenvalue weighted by Crippen LogP contribution is -2.47. The fourth-order valence-corrected chi connectivity index (χ4v) is 2.77. The Bertz CT molecular complexity index is 355. The van der Waals surface area contributed by atoms with Crippen molar-refractivity contribution in [2.45, 2.75) is 18.9 Å². The zero-order valence-corrected chi connectivity index (χ0v) is 11.4. The number of aliphatic hydroxyl groups is 1. The molecule has 0 spiro atoms. The SMILES string of the molecule is NC1CC(CCO)CN(c2ccc(Br)cc2)C1. The number of hydrogen-bond acceptors (Lipinski definition) is 3. The number of anilines is 1. The van der Waals surface area contributed by atoms with Crippen LogP contribution in [0.3, 0.4) is 0 Å². The first-order valence-electron chi connectivity index (χ1n) is 6.06. The van der Waals surface area contributed by atoms with Crippen LogP contribution in [0.5, 0.6) is 0 Å². The number of hydrogen-bond donors (Lipinski definition) is 2. The first-order chi connectivity index (χ1) is 8.19. The third-order valence-electron chi connectivity index (χ3n) is 3.30. The van der Waals surface area contributed by atoms with E-state index < -0.39 is 0 Å². The topological polar surface area (TPSA) is 49.5 Å². The summed E-state index contributed by atoms with van der Waals surface area (Å²) in [4.78, 5) is 2.32. The molecule has 1 fully saturated rings. The zero-order valence-electron chi connectivity index (χ0n) is 9.85. The van der Waals surface area contributed by atoms with Crippen molar-refractivity contribution >= 4 is 21.6 Å². The largest absolute Gasteiger partial charge is 0.396 e. The van der Waals surface area contributed by atoms with Gasteiger partial charge >= 0.3 is 0 Å². The van der Waals surface area contributed by atoms with Crippen LogP contribution in [0.1, 0.15) is 12.8 Å². The Hall–Kier alpha value is -0.580. The van der Waals surface area contributed by atoms with Crippen molar-refractivity contribution in [1.29, 1.82) is 0 Å². The number of nitrogens with two attached hydrogens (primary N) is 1. The van der Waals surface area contributed by atoms with Gasteiger partial charge in [0.2, 0.25) is 0 Å². The molecule has 2 atom stereocenters. The molecule has 1 heterocycles. The number of nitrogens with zero attached hydrogens (tertiary/aromatic N) is 1. The summed E-state index contributed by atoms with van der Waals surface area (Å²) in [6.45, 7) is 2.16. The number of benzene rings is 1. The van der Waals surface area contributed by atoms with E-state index >= 15 is 0 Å². The van der Waals surface area contributed by atoms with Crippen molar-refractivity contribution in [2.75, 3.05) is 24.6 Å². The predicted molar refractivity (Wildman–Crippen MR) is 74.1 cm³/mol. The van der Waals surface area contributed by atoms with E-state index in [1.54, 1.807) is 0 Å². The smallest absolute Gasteiger partial charge is 0.0434 e. The van der Waals surface area contributed by atoms with Gasteiger partial charge in [-0.25, -0.2) is 0 Å². The van der Waals surface area contributed by atoms with E-state index in [-0.39, 0.29) is 12.6 Å². The van der Waals surface area contributed by atoms with E-state index in [1.165, 1.54) is 5.69 Å². The Morgan fingerprint density at radius 3 is 2.65 bits per heavy atom. The number of rotatable bonds is 3. The van der Waals surface area contributed by atoms with Gasteiger partial charge < -0.3 is 15.7 Å². The van der Waals surface area contributed by atoms with E-state index in [0.29, 0.717) is 5.92 Å². The summed E-state index contributed by atoms with van der Waals surface area (Å²) in [7, 11) is 0. The van der Waals surface area contributed by atoms with Crippen molar-refractivity contribution in [1.82, 2.24) is 0 Å². The molecule has 0 saturated carbocycles. The van der Waals surface area contributed by atoms with E-state index in [0.717, 1.165) is 30.4 Å². The fraction of sp³-hybridized carbons (Fsp3) is 0.538. The van der Waals surface area contributed by atoms with Crippen LogP contribution in [0.2, 0.25) is 0 Å². The van der Waals surface area contributed by atoms with E-state index in [2.05, 4.69) is 45.1 Å². The van der Waals surface area contributed by atoms with Gasteiger partial charge in [-0.05, 0) is 43.0 Å². The van der Waals surface area contributed by atoms with Crippen LogP contribution < -0.4 is 10.6 Å². The Labute approximate surface area is 111 Å². The molecule has 0 amide bonds. The Kier molecular flexibility index (Phi) is 4.42. The molecule has 0 aliphatic carbocycles. The van der Waals surface area contributed by atoms with Gasteiger partial charge in [0.15, 0.2) is 0 Å². The van der Waals surface area contributed by atoms with Gasteiger partial charge in [-0.3, -0.25) is 0 Å². The molecule has 2 rings (SSSR count). The second-order valence-corrected chi connectivity index (χ2v) is 5.67. The highest BCUT2D eigenvalue weighted by Gasteiger charge is 2.24. The Morgan fingerprint density at radius 2 is 2.00 bits per heavy atom. The minimum absolute atomic E-state index is 0.212. The average Bonchev–Trinajstić information content (AvgIpc) is 2.29. The molecule has 17 heavy (non-hydrogen) atoms. The molecular formula is C13H19BrN2O. The van der Waals surface area contributed by atoms with Gasteiger partial charge in [0.05, 0.1) is 0 Å². The third-order valence-corrected chi connectivity index (χ3v) is 3.83. The summed E-state index contributed by atoms with van der Waals surface area (Å²) in [5.41, 5.74) is 7.29. The van der Waals surface area contributed by atoms with Gasteiger partial charge in [0.1, 0.15) is 0 Å². The maximum Gasteiger partial charge on any atom is 0.0434 e. The molecule has 1 aromatic carbocycles. The van der Waals surface area contributed by atoms with Crippen LogP contribution in [0.15, 0.2) is 28.7 Å². The fourth-order valence-electron chi connectivity index (χ4n) is 2.50. The Balaban J connectivity index is 2.06. The second-order valence-electron chi connectivity index (χ2n) is 4.76. The summed E-state index contributed by atoms with van der Waals surface area (Å²) in [6, 6.07) is 8.53. The van der Waals surface area contributed by atoms with Crippen LogP contribution in [-0.4, -0.2) is 30.8 Å². The highest BCUT2D eigenvalue weighted by Crippen LogP contribution is 2.25. The van der Waals surface area contributed by atoms with Crippen LogP contribution in [0.25, 0.3) is 0 Å². The second kappa shape index (κ2) is 5.85. The van der Waals surface area contributed by atoms with Gasteiger partial charge in [-0.2, -0.15) is 0 Å². The van der Waals surface area contributed by atoms with Crippen LogP contribution in [-0.2, 0) is 0 Å². The van der Waals surface area contributed by atoms with Crippen molar-refractivity contribution in [3.8, 4) is 0 Å². The molecule has 0 radical (unpaired) electrons. The third kappa shape index (κ3) is 3.44. The number of piperidine rings is 1. The van der Waals surface area contributed by atoms with E-state index in [9.17, 15) is 0 Å². The van der Waals surface area contributed by atoms with Crippen molar-refractivity contribution in [3.05, 3.63) is 28.7 Å². The van der Waals surface area contributed by atoms with Crippen molar-refractivity contribution in [2.24, 2.45) is 11.7 Å². The molecule has 3 N–H and O–H groups in total. The molecule has 1 aliphatic rings. The predicted octanol–water partition coefficient (Wildman–Crippen LogP) is 1.99. The minimum Gasteiger partial charge on any atom is -0.396 e. The zero-order chi connectivity index (χ0) is 12.3. The monoisotopic (exact) mass is 298 g/mol. The lowest BCUT2D eigenvalue weighted by molar-refractivity contribution is 0.238. The molecular weight excluding hydrogens is 280 g/mol. The van der Waals surface area contributed by atoms with Gasteiger partial charge in [0.25, 0.3) is 0 Å². The van der Waals surface area contributed by atoms with Gasteiger partial charge in [-0.15, -0.1) is 0 Å². The van der Waals surface area contributed by atoms with Crippen LogP contribution >= 0.6 is 15.9 Å². The van der Waals surface area contributed by atoms with Gasteiger partial charge in [-0.1, -0.05) is 15.9 Å². The summed E-state index contributed by atoms with van der Waals surface area (Å²) in [6.07, 6.45) is 1.87. The highest BCUT2D eigenvalue weighted by molar-refractivity contribution is 9.10. The number of halogens is 1. The summed E-state index contributed by atoms with van der Waals surface area (Å²) >= 11 is 3.44. The molecule has 0 bridgehead atoms. The molecule has 1 saturated heterocycles. The average molecular weight is 299 g/mol. The van der Waals surface area contributed by atoms with Crippen LogP contribution in [0.4, 0.5) is 5.69 Å². The normalized spacial score (nSPS) is 25.0. The lowest BCUT2D eigenvalue weighted by atomic mass is 9.92. The molecule has 4 heteroatoms. The van der Waals surface area contributed by atoms with E-state index in [1.807, 2.05) is 0 Å². The van der Waals surface area contributed by atoms with Crippen molar-refractivity contribution in [3.63, 3.8) is 0 Å². The van der Waals surface area contributed by atoms with Crippen molar-refractivity contribution < 1.29 is 5.11 Å². The first-order valence-corrected chi connectivity index (χ1v) is 6.85.